The van der Waals surface area contributed by atoms with Crippen molar-refractivity contribution in [3.8, 4) is 16.5 Å². The van der Waals surface area contributed by atoms with E-state index in [1.165, 1.54) is 43.4 Å². The fourth-order valence-electron chi connectivity index (χ4n) is 4.49. The molecule has 0 saturated heterocycles. The highest BCUT2D eigenvalue weighted by Gasteiger charge is 2.27. The van der Waals surface area contributed by atoms with Gasteiger partial charge in [0.15, 0.2) is 5.01 Å². The van der Waals surface area contributed by atoms with Crippen LogP contribution in [-0.2, 0) is 0 Å². The minimum atomic E-state index is -0.201. The molecule has 3 aromatic heterocycles. The van der Waals surface area contributed by atoms with Crippen molar-refractivity contribution in [1.82, 2.24) is 30.2 Å². The van der Waals surface area contributed by atoms with E-state index in [9.17, 15) is 4.79 Å². The number of thiazole rings is 1. The molecule has 0 unspecified atom stereocenters. The smallest absolute Gasteiger partial charge is 0.280 e. The average Bonchev–Trinajstić information content (AvgIpc) is 3.38. The van der Waals surface area contributed by atoms with Crippen LogP contribution in [-0.4, -0.2) is 57.0 Å². The van der Waals surface area contributed by atoms with Gasteiger partial charge in [0, 0.05) is 30.0 Å². The fourth-order valence-corrected chi connectivity index (χ4v) is 5.44. The molecule has 1 N–H and O–H groups in total. The lowest BCUT2D eigenvalue weighted by atomic mass is 9.92. The van der Waals surface area contributed by atoms with Crippen LogP contribution >= 0.6 is 22.9 Å². The SMILES string of the molecule is CCOc1cncc(-c2cnc(C(=O)NCC[C@@H](c3cc(Cl)ccn3)N(C)C3CCCCC3)s2)n1. The number of ether oxygens (including phenoxy) is 1. The van der Waals surface area contributed by atoms with E-state index in [0.29, 0.717) is 40.8 Å². The first kappa shape index (κ1) is 25.5. The highest BCUT2D eigenvalue weighted by atomic mass is 35.5. The van der Waals surface area contributed by atoms with E-state index >= 15 is 0 Å². The van der Waals surface area contributed by atoms with Gasteiger partial charge in [-0.2, -0.15) is 0 Å². The van der Waals surface area contributed by atoms with E-state index in [0.717, 1.165) is 17.0 Å². The van der Waals surface area contributed by atoms with E-state index < -0.39 is 0 Å². The molecule has 1 atom stereocenters. The van der Waals surface area contributed by atoms with Crippen LogP contribution in [0.3, 0.4) is 0 Å². The maximum Gasteiger partial charge on any atom is 0.280 e. The van der Waals surface area contributed by atoms with Crippen molar-refractivity contribution in [3.63, 3.8) is 0 Å². The summed E-state index contributed by atoms with van der Waals surface area (Å²) in [5.41, 5.74) is 1.57. The third-order valence-corrected chi connectivity index (χ3v) is 7.54. The number of hydrogen-bond donors (Lipinski definition) is 1. The number of pyridine rings is 1. The molecule has 35 heavy (non-hydrogen) atoms. The minimum absolute atomic E-state index is 0.0699. The zero-order valence-electron chi connectivity index (χ0n) is 20.1. The van der Waals surface area contributed by atoms with Gasteiger partial charge in [0.1, 0.15) is 5.69 Å². The van der Waals surface area contributed by atoms with Gasteiger partial charge in [-0.15, -0.1) is 11.3 Å². The Morgan fingerprint density at radius 2 is 2.09 bits per heavy atom. The molecule has 3 aromatic rings. The van der Waals surface area contributed by atoms with E-state index in [-0.39, 0.29) is 11.9 Å². The number of carbonyl (C=O) groups excluding carboxylic acids is 1. The van der Waals surface area contributed by atoms with Crippen molar-refractivity contribution in [1.29, 1.82) is 0 Å². The van der Waals surface area contributed by atoms with Crippen molar-refractivity contribution in [2.75, 3.05) is 20.2 Å². The van der Waals surface area contributed by atoms with Gasteiger partial charge in [-0.25, -0.2) is 9.97 Å². The Morgan fingerprint density at radius 1 is 1.26 bits per heavy atom. The van der Waals surface area contributed by atoms with Crippen LogP contribution in [0.5, 0.6) is 5.88 Å². The van der Waals surface area contributed by atoms with Gasteiger partial charge >= 0.3 is 0 Å². The normalized spacial score (nSPS) is 15.2. The van der Waals surface area contributed by atoms with Crippen LogP contribution < -0.4 is 10.1 Å². The lowest BCUT2D eigenvalue weighted by molar-refractivity contribution is 0.0937. The summed E-state index contributed by atoms with van der Waals surface area (Å²) in [5, 5.41) is 4.09. The monoisotopic (exact) mass is 514 g/mol. The molecular formula is C25H31ClN6O2S. The largest absolute Gasteiger partial charge is 0.477 e. The molecule has 3 heterocycles. The van der Waals surface area contributed by atoms with Crippen molar-refractivity contribution in [3.05, 3.63) is 52.6 Å². The van der Waals surface area contributed by atoms with Gasteiger partial charge in [0.2, 0.25) is 5.88 Å². The van der Waals surface area contributed by atoms with Crippen LogP contribution in [0.1, 0.15) is 67.0 Å². The first-order valence-corrected chi connectivity index (χ1v) is 13.3. The molecule has 1 saturated carbocycles. The van der Waals surface area contributed by atoms with E-state index in [2.05, 4.69) is 37.2 Å². The zero-order chi connectivity index (χ0) is 24.6. The molecule has 4 rings (SSSR count). The summed E-state index contributed by atoms with van der Waals surface area (Å²) in [6.07, 6.45) is 13.5. The number of aromatic nitrogens is 4. The molecule has 8 nitrogen and oxygen atoms in total. The average molecular weight is 515 g/mol. The number of hydrogen-bond acceptors (Lipinski definition) is 8. The fraction of sp³-hybridized carbons (Fsp3) is 0.480. The second-order valence-corrected chi connectivity index (χ2v) is 10.1. The summed E-state index contributed by atoms with van der Waals surface area (Å²) < 4.78 is 5.42. The standard InChI is InChI=1S/C25H31ClN6O2S/c1-3-34-23-16-27-14-20(31-23)22-15-30-25(35-22)24(33)29-12-10-21(19-13-17(26)9-11-28-19)32(2)18-7-5-4-6-8-18/h9,11,13-16,18,21H,3-8,10,12H2,1-2H3,(H,29,33)/t21-/m0/s1. The van der Waals surface area contributed by atoms with E-state index in [4.69, 9.17) is 16.3 Å². The quantitative estimate of drug-likeness (QED) is 0.398. The molecule has 0 spiro atoms. The van der Waals surface area contributed by atoms with E-state index in [1.54, 1.807) is 30.9 Å². The summed E-state index contributed by atoms with van der Waals surface area (Å²) in [6, 6.07) is 4.30. The number of halogens is 1. The molecule has 1 fully saturated rings. The lowest BCUT2D eigenvalue weighted by Gasteiger charge is -2.37. The minimum Gasteiger partial charge on any atom is -0.477 e. The topological polar surface area (TPSA) is 93.1 Å². The van der Waals surface area contributed by atoms with Crippen molar-refractivity contribution < 1.29 is 9.53 Å². The Labute approximate surface area is 215 Å². The van der Waals surface area contributed by atoms with Crippen molar-refractivity contribution in [2.45, 2.75) is 57.5 Å². The molecule has 0 radical (unpaired) electrons. The number of nitrogens with one attached hydrogen (secondary N) is 1. The summed E-state index contributed by atoms with van der Waals surface area (Å²) in [5.74, 6) is 0.250. The Morgan fingerprint density at radius 3 is 2.86 bits per heavy atom. The Balaban J connectivity index is 1.40. The summed E-state index contributed by atoms with van der Waals surface area (Å²) in [6.45, 7) is 2.91. The van der Waals surface area contributed by atoms with Gasteiger partial charge in [-0.05, 0) is 45.4 Å². The second kappa shape index (κ2) is 12.4. The molecule has 1 amide bonds. The second-order valence-electron chi connectivity index (χ2n) is 8.62. The third kappa shape index (κ3) is 6.74. The number of nitrogens with zero attached hydrogens (tertiary/aromatic N) is 5. The first-order valence-electron chi connectivity index (χ1n) is 12.1. The van der Waals surface area contributed by atoms with Crippen molar-refractivity contribution in [2.24, 2.45) is 0 Å². The summed E-state index contributed by atoms with van der Waals surface area (Å²) >= 11 is 7.56. The maximum absolute atomic E-state index is 12.8. The number of rotatable bonds is 10. The van der Waals surface area contributed by atoms with Gasteiger partial charge in [0.05, 0.1) is 35.6 Å². The molecule has 1 aliphatic carbocycles. The molecule has 0 aliphatic heterocycles. The maximum atomic E-state index is 12.8. The predicted octanol–water partition coefficient (Wildman–Crippen LogP) is 5.17. The predicted molar refractivity (Wildman–Crippen MR) is 138 cm³/mol. The lowest BCUT2D eigenvalue weighted by Crippen LogP contribution is -2.38. The van der Waals surface area contributed by atoms with Crippen LogP contribution in [0, 0.1) is 0 Å². The number of carbonyl (C=O) groups is 1. The third-order valence-electron chi connectivity index (χ3n) is 6.29. The highest BCUT2D eigenvalue weighted by molar-refractivity contribution is 7.16. The van der Waals surface area contributed by atoms with Crippen LogP contribution in [0.15, 0.2) is 36.9 Å². The van der Waals surface area contributed by atoms with Crippen LogP contribution in [0.4, 0.5) is 0 Å². The zero-order valence-corrected chi connectivity index (χ0v) is 21.7. The molecule has 1 aliphatic rings. The summed E-state index contributed by atoms with van der Waals surface area (Å²) in [4.78, 5) is 33.5. The van der Waals surface area contributed by atoms with Crippen LogP contribution in [0.2, 0.25) is 5.02 Å². The van der Waals surface area contributed by atoms with Gasteiger partial charge < -0.3 is 10.1 Å². The Hall–Kier alpha value is -2.62. The molecule has 0 aromatic carbocycles. The molecule has 10 heteroatoms. The Bertz CT molecular complexity index is 1120. The molecule has 186 valence electrons. The van der Waals surface area contributed by atoms with Gasteiger partial charge in [-0.3, -0.25) is 19.7 Å². The Kier molecular flexibility index (Phi) is 9.01. The highest BCUT2D eigenvalue weighted by Crippen LogP contribution is 2.31. The van der Waals surface area contributed by atoms with Crippen LogP contribution in [0.25, 0.3) is 10.6 Å². The van der Waals surface area contributed by atoms with Gasteiger partial charge in [0.25, 0.3) is 5.91 Å². The van der Waals surface area contributed by atoms with E-state index in [1.807, 2.05) is 13.0 Å². The van der Waals surface area contributed by atoms with Crippen molar-refractivity contribution >= 4 is 28.8 Å². The molecular weight excluding hydrogens is 484 g/mol. The number of amides is 1. The first-order chi connectivity index (χ1) is 17.0. The molecule has 0 bridgehead atoms. The summed E-state index contributed by atoms with van der Waals surface area (Å²) in [7, 11) is 2.16. The van der Waals surface area contributed by atoms with Gasteiger partial charge in [-0.1, -0.05) is 30.9 Å².